The Balaban J connectivity index is 2.55. The van der Waals surface area contributed by atoms with Gasteiger partial charge in [0.2, 0.25) is 0 Å². The fraction of sp³-hybridized carbons (Fsp3) is 0.222. The van der Waals surface area contributed by atoms with Gasteiger partial charge in [-0.1, -0.05) is 0 Å². The molecule has 0 atom stereocenters. The van der Waals surface area contributed by atoms with Gasteiger partial charge in [0.1, 0.15) is 0 Å². The summed E-state index contributed by atoms with van der Waals surface area (Å²) in [6.07, 6.45) is 2.70. The second-order valence-corrected chi connectivity index (χ2v) is 4.08. The zero-order chi connectivity index (χ0) is 10.1. The van der Waals surface area contributed by atoms with Crippen molar-refractivity contribution in [2.75, 3.05) is 0 Å². The minimum Gasteiger partial charge on any atom is -0.341 e. The molecule has 2 aromatic rings. The molecule has 2 rings (SSSR count). The van der Waals surface area contributed by atoms with Gasteiger partial charge in [0, 0.05) is 27.5 Å². The normalized spacial score (nSPS) is 11.4. The van der Waals surface area contributed by atoms with Gasteiger partial charge < -0.3 is 4.57 Å². The van der Waals surface area contributed by atoms with E-state index in [1.54, 1.807) is 29.2 Å². The Morgan fingerprint density at radius 1 is 1.50 bits per heavy atom. The summed E-state index contributed by atoms with van der Waals surface area (Å²) in [4.78, 5) is 3.96. The van der Waals surface area contributed by atoms with E-state index in [9.17, 15) is 8.78 Å². The fourth-order valence-electron chi connectivity index (χ4n) is 1.40. The summed E-state index contributed by atoms with van der Waals surface area (Å²) in [6.45, 7) is -0.260. The van der Waals surface area contributed by atoms with Gasteiger partial charge in [0.15, 0.2) is 0 Å². The van der Waals surface area contributed by atoms with E-state index >= 15 is 0 Å². The topological polar surface area (TPSA) is 17.8 Å². The van der Waals surface area contributed by atoms with Gasteiger partial charge in [-0.05, 0) is 28.7 Å². The quantitative estimate of drug-likeness (QED) is 0.780. The first-order valence-electron chi connectivity index (χ1n) is 4.05. The van der Waals surface area contributed by atoms with Crippen LogP contribution < -0.4 is 0 Å². The lowest BCUT2D eigenvalue weighted by Crippen LogP contribution is -2.04. The molecular formula is C9H7F2IN2. The summed E-state index contributed by atoms with van der Waals surface area (Å²) < 4.78 is 26.9. The summed E-state index contributed by atoms with van der Waals surface area (Å²) in [5, 5.41) is 0.925. The van der Waals surface area contributed by atoms with Gasteiger partial charge in [-0.25, -0.2) is 8.78 Å². The van der Waals surface area contributed by atoms with Crippen LogP contribution in [0.1, 0.15) is 0 Å². The van der Waals surface area contributed by atoms with Crippen LogP contribution in [0.5, 0.6) is 0 Å². The van der Waals surface area contributed by atoms with Crippen molar-refractivity contribution in [2.45, 2.75) is 13.0 Å². The van der Waals surface area contributed by atoms with Crippen LogP contribution in [0.15, 0.2) is 24.7 Å². The molecule has 0 bridgehead atoms. The highest BCUT2D eigenvalue weighted by molar-refractivity contribution is 14.1. The fourth-order valence-corrected chi connectivity index (χ4v) is 2.15. The highest BCUT2D eigenvalue weighted by atomic mass is 127. The highest BCUT2D eigenvalue weighted by Gasteiger charge is 2.09. The lowest BCUT2D eigenvalue weighted by molar-refractivity contribution is 0.128. The van der Waals surface area contributed by atoms with Crippen LogP contribution in [0.4, 0.5) is 8.78 Å². The van der Waals surface area contributed by atoms with E-state index < -0.39 is 6.43 Å². The average molecular weight is 308 g/mol. The molecule has 5 heteroatoms. The van der Waals surface area contributed by atoms with E-state index in [-0.39, 0.29) is 6.54 Å². The van der Waals surface area contributed by atoms with Crippen molar-refractivity contribution in [1.29, 1.82) is 0 Å². The number of fused-ring (bicyclic) bond motifs is 1. The largest absolute Gasteiger partial charge is 0.341 e. The third-order valence-corrected chi connectivity index (χ3v) is 2.83. The maximum absolute atomic E-state index is 12.2. The molecular weight excluding hydrogens is 301 g/mol. The summed E-state index contributed by atoms with van der Waals surface area (Å²) in [6, 6.07) is 1.75. The van der Waals surface area contributed by atoms with Gasteiger partial charge in [0.05, 0.1) is 12.1 Å². The van der Waals surface area contributed by atoms with Gasteiger partial charge >= 0.3 is 0 Å². The van der Waals surface area contributed by atoms with Crippen molar-refractivity contribution in [2.24, 2.45) is 0 Å². The molecule has 2 heterocycles. The van der Waals surface area contributed by atoms with Crippen LogP contribution in [0.3, 0.4) is 0 Å². The monoisotopic (exact) mass is 308 g/mol. The second-order valence-electron chi connectivity index (χ2n) is 2.91. The minimum atomic E-state index is -2.32. The second kappa shape index (κ2) is 3.80. The van der Waals surface area contributed by atoms with Gasteiger partial charge in [0.25, 0.3) is 6.43 Å². The smallest absolute Gasteiger partial charge is 0.256 e. The van der Waals surface area contributed by atoms with Crippen LogP contribution in [0.2, 0.25) is 0 Å². The molecule has 0 radical (unpaired) electrons. The number of rotatable bonds is 2. The number of aromatic nitrogens is 2. The van der Waals surface area contributed by atoms with Crippen LogP contribution in [0.25, 0.3) is 10.9 Å². The van der Waals surface area contributed by atoms with Crippen LogP contribution >= 0.6 is 22.6 Å². The number of hydrogen-bond acceptors (Lipinski definition) is 1. The van der Waals surface area contributed by atoms with Crippen molar-refractivity contribution in [3.05, 3.63) is 28.2 Å². The van der Waals surface area contributed by atoms with E-state index in [1.165, 1.54) is 0 Å². The van der Waals surface area contributed by atoms with E-state index in [0.717, 1.165) is 14.5 Å². The van der Waals surface area contributed by atoms with Gasteiger partial charge in [-0.15, -0.1) is 0 Å². The minimum absolute atomic E-state index is 0.260. The number of halogens is 3. The first-order chi connectivity index (χ1) is 6.68. The van der Waals surface area contributed by atoms with Crippen molar-refractivity contribution in [3.8, 4) is 0 Å². The van der Waals surface area contributed by atoms with Crippen molar-refractivity contribution in [3.63, 3.8) is 0 Å². The third-order valence-electron chi connectivity index (χ3n) is 1.97. The molecule has 2 aromatic heterocycles. The first kappa shape index (κ1) is 9.82. The zero-order valence-corrected chi connectivity index (χ0v) is 9.28. The van der Waals surface area contributed by atoms with Gasteiger partial charge in [-0.3, -0.25) is 4.98 Å². The van der Waals surface area contributed by atoms with Crippen LogP contribution in [-0.2, 0) is 6.54 Å². The van der Waals surface area contributed by atoms with Crippen molar-refractivity contribution < 1.29 is 8.78 Å². The predicted octanol–water partition coefficient (Wildman–Crippen LogP) is 2.91. The Labute approximate surface area is 93.1 Å². The average Bonchev–Trinajstić information content (AvgIpc) is 2.44. The molecule has 14 heavy (non-hydrogen) atoms. The van der Waals surface area contributed by atoms with Gasteiger partial charge in [-0.2, -0.15) is 0 Å². The standard InChI is InChI=1S/C9H7F2IN2/c10-9(11)5-14-4-7(12)6-3-13-2-1-8(6)14/h1-4,9H,5H2. The Hall–Kier alpha value is -0.720. The van der Waals surface area contributed by atoms with Crippen molar-refractivity contribution in [1.82, 2.24) is 9.55 Å². The summed E-state index contributed by atoms with van der Waals surface area (Å²) >= 11 is 2.12. The summed E-state index contributed by atoms with van der Waals surface area (Å²) in [7, 11) is 0. The Bertz CT molecular complexity index is 453. The highest BCUT2D eigenvalue weighted by Crippen LogP contribution is 2.22. The molecule has 0 aliphatic rings. The van der Waals surface area contributed by atoms with E-state index in [1.807, 2.05) is 0 Å². The lowest BCUT2D eigenvalue weighted by Gasteiger charge is -2.02. The molecule has 74 valence electrons. The Kier molecular flexibility index (Phi) is 2.66. The molecule has 0 unspecified atom stereocenters. The molecule has 0 saturated carbocycles. The zero-order valence-electron chi connectivity index (χ0n) is 7.12. The SMILES string of the molecule is FC(F)Cn1cc(I)c2cnccc21. The molecule has 0 saturated heterocycles. The van der Waals surface area contributed by atoms with Crippen molar-refractivity contribution >= 4 is 33.5 Å². The maximum atomic E-state index is 12.2. The molecule has 0 aliphatic heterocycles. The Morgan fingerprint density at radius 3 is 3.00 bits per heavy atom. The molecule has 0 aliphatic carbocycles. The number of nitrogens with zero attached hydrogens (tertiary/aromatic N) is 2. The molecule has 0 spiro atoms. The number of alkyl halides is 2. The number of pyridine rings is 1. The van der Waals surface area contributed by atoms with Crippen LogP contribution in [0, 0.1) is 3.57 Å². The molecule has 0 N–H and O–H groups in total. The maximum Gasteiger partial charge on any atom is 0.256 e. The molecule has 0 fully saturated rings. The number of hydrogen-bond donors (Lipinski definition) is 0. The third kappa shape index (κ3) is 1.73. The van der Waals surface area contributed by atoms with Crippen LogP contribution in [-0.4, -0.2) is 16.0 Å². The first-order valence-corrected chi connectivity index (χ1v) is 5.13. The predicted molar refractivity (Wildman–Crippen MR) is 58.5 cm³/mol. The summed E-state index contributed by atoms with van der Waals surface area (Å²) in [5.41, 5.74) is 0.810. The van der Waals surface area contributed by atoms with E-state index in [4.69, 9.17) is 0 Å². The Morgan fingerprint density at radius 2 is 2.29 bits per heavy atom. The molecule has 0 aromatic carbocycles. The summed E-state index contributed by atoms with van der Waals surface area (Å²) in [5.74, 6) is 0. The molecule has 2 nitrogen and oxygen atoms in total. The lowest BCUT2D eigenvalue weighted by atomic mass is 10.3. The van der Waals surface area contributed by atoms with E-state index in [0.29, 0.717) is 0 Å². The molecule has 0 amide bonds. The van der Waals surface area contributed by atoms with E-state index in [2.05, 4.69) is 27.6 Å².